The predicted octanol–water partition coefficient (Wildman–Crippen LogP) is 0.565. The maximum Gasteiger partial charge on any atom is 0.336 e. The van der Waals surface area contributed by atoms with Crippen LogP contribution in [0.25, 0.3) is 0 Å². The summed E-state index contributed by atoms with van der Waals surface area (Å²) in [6.07, 6.45) is -0.529. The molecule has 0 bridgehead atoms. The van der Waals surface area contributed by atoms with Gasteiger partial charge in [-0.05, 0) is 0 Å². The average Bonchev–Trinajstić information content (AvgIpc) is 2.74. The topological polar surface area (TPSA) is 64.5 Å². The molecule has 1 atom stereocenters. The second-order valence-electron chi connectivity index (χ2n) is 3.61. The largest absolute Gasteiger partial charge is 0.467 e. The van der Waals surface area contributed by atoms with Crippen LogP contribution >= 0.6 is 23.1 Å². The first-order valence-electron chi connectivity index (χ1n) is 5.09. The van der Waals surface area contributed by atoms with Crippen molar-refractivity contribution in [1.29, 1.82) is 0 Å². The van der Waals surface area contributed by atoms with E-state index in [0.29, 0.717) is 24.0 Å². The van der Waals surface area contributed by atoms with E-state index >= 15 is 0 Å². The van der Waals surface area contributed by atoms with Crippen molar-refractivity contribution in [3.63, 3.8) is 0 Å². The van der Waals surface area contributed by atoms with Crippen molar-refractivity contribution in [3.05, 3.63) is 10.0 Å². The minimum Gasteiger partial charge on any atom is -0.467 e. The number of halogens is 1. The fourth-order valence-corrected chi connectivity index (χ4v) is 2.24. The third kappa shape index (κ3) is 3.12. The van der Waals surface area contributed by atoms with Gasteiger partial charge in [0.25, 0.3) is 0 Å². The zero-order valence-electron chi connectivity index (χ0n) is 9.26. The summed E-state index contributed by atoms with van der Waals surface area (Å²) in [5, 5.41) is 3.94. The fraction of sp³-hybridized carbons (Fsp3) is 0.667. The van der Waals surface area contributed by atoms with Gasteiger partial charge in [0, 0.05) is 31.2 Å². The van der Waals surface area contributed by atoms with Gasteiger partial charge in [-0.15, -0.1) is 5.10 Å². The van der Waals surface area contributed by atoms with Crippen molar-refractivity contribution in [2.45, 2.75) is 12.6 Å². The summed E-state index contributed by atoms with van der Waals surface area (Å²) >= 11 is 7.09. The molecule has 0 saturated carbocycles. The Morgan fingerprint density at radius 1 is 1.76 bits per heavy atom. The van der Waals surface area contributed by atoms with Crippen molar-refractivity contribution < 1.29 is 14.3 Å². The molecule has 1 fully saturated rings. The van der Waals surface area contributed by atoms with Crippen LogP contribution in [0, 0.1) is 0 Å². The van der Waals surface area contributed by atoms with Crippen LogP contribution in [-0.4, -0.2) is 53.4 Å². The van der Waals surface area contributed by atoms with E-state index in [4.69, 9.17) is 16.3 Å². The molecule has 1 saturated heterocycles. The lowest BCUT2D eigenvalue weighted by Crippen LogP contribution is -2.46. The number of aromatic nitrogens is 2. The van der Waals surface area contributed by atoms with E-state index in [0.717, 1.165) is 23.8 Å². The Morgan fingerprint density at radius 3 is 3.24 bits per heavy atom. The van der Waals surface area contributed by atoms with Gasteiger partial charge >= 0.3 is 5.97 Å². The molecule has 17 heavy (non-hydrogen) atoms. The SMILES string of the molecule is COC(=O)C1CN(Cc2nnsc2Cl)CCO1. The molecule has 1 unspecified atom stereocenters. The Bertz CT molecular complexity index is 401. The number of carbonyl (C=O) groups is 1. The van der Waals surface area contributed by atoms with Crippen LogP contribution in [0.15, 0.2) is 0 Å². The van der Waals surface area contributed by atoms with Crippen molar-refractivity contribution in [2.75, 3.05) is 26.8 Å². The summed E-state index contributed by atoms with van der Waals surface area (Å²) in [7, 11) is 1.35. The highest BCUT2D eigenvalue weighted by molar-refractivity contribution is 7.10. The number of methoxy groups -OCH3 is 1. The van der Waals surface area contributed by atoms with E-state index in [2.05, 4.69) is 14.3 Å². The van der Waals surface area contributed by atoms with Crippen molar-refractivity contribution in [2.24, 2.45) is 0 Å². The first-order chi connectivity index (χ1) is 8.20. The smallest absolute Gasteiger partial charge is 0.336 e. The first-order valence-corrected chi connectivity index (χ1v) is 6.24. The Labute approximate surface area is 108 Å². The quantitative estimate of drug-likeness (QED) is 0.753. The molecule has 1 aromatic rings. The molecule has 8 heteroatoms. The highest BCUT2D eigenvalue weighted by atomic mass is 35.5. The molecular formula is C9H12ClN3O3S. The lowest BCUT2D eigenvalue weighted by molar-refractivity contribution is -0.160. The molecule has 1 aromatic heterocycles. The Hall–Kier alpha value is -0.760. The van der Waals surface area contributed by atoms with Gasteiger partial charge in [0.15, 0.2) is 6.10 Å². The summed E-state index contributed by atoms with van der Waals surface area (Å²) in [5.41, 5.74) is 0.738. The lowest BCUT2D eigenvalue weighted by Gasteiger charge is -2.30. The highest BCUT2D eigenvalue weighted by Gasteiger charge is 2.28. The van der Waals surface area contributed by atoms with Gasteiger partial charge in [-0.2, -0.15) is 0 Å². The number of hydrogen-bond acceptors (Lipinski definition) is 7. The standard InChI is InChI=1S/C9H12ClN3O3S/c1-15-9(14)7-5-13(2-3-16-7)4-6-8(10)17-12-11-6/h7H,2-5H2,1H3. The third-order valence-corrected chi connectivity index (χ3v) is 3.48. The van der Waals surface area contributed by atoms with Gasteiger partial charge in [0.2, 0.25) is 0 Å². The number of ether oxygens (including phenoxy) is 2. The lowest BCUT2D eigenvalue weighted by atomic mass is 10.2. The molecular weight excluding hydrogens is 266 g/mol. The van der Waals surface area contributed by atoms with E-state index in [1.807, 2.05) is 4.90 Å². The third-order valence-electron chi connectivity index (χ3n) is 2.50. The Kier molecular flexibility index (Phi) is 4.27. The summed E-state index contributed by atoms with van der Waals surface area (Å²) in [4.78, 5) is 13.4. The number of morpholine rings is 1. The normalized spacial score (nSPS) is 21.4. The minimum atomic E-state index is -0.529. The van der Waals surface area contributed by atoms with Gasteiger partial charge in [-0.1, -0.05) is 16.1 Å². The monoisotopic (exact) mass is 277 g/mol. The van der Waals surface area contributed by atoms with Gasteiger partial charge in [0.1, 0.15) is 10.0 Å². The first kappa shape index (κ1) is 12.7. The van der Waals surface area contributed by atoms with E-state index in [1.54, 1.807) is 0 Å². The molecule has 2 rings (SSSR count). The molecule has 2 heterocycles. The molecule has 0 amide bonds. The summed E-state index contributed by atoms with van der Waals surface area (Å²) < 4.78 is 14.3. The van der Waals surface area contributed by atoms with E-state index in [9.17, 15) is 4.79 Å². The highest BCUT2D eigenvalue weighted by Crippen LogP contribution is 2.20. The summed E-state index contributed by atoms with van der Waals surface area (Å²) in [5.74, 6) is -0.350. The minimum absolute atomic E-state index is 0.350. The molecule has 1 aliphatic rings. The molecule has 0 aliphatic carbocycles. The number of esters is 1. The summed E-state index contributed by atoms with van der Waals surface area (Å²) in [6.45, 7) is 2.29. The molecule has 0 spiro atoms. The van der Waals surface area contributed by atoms with E-state index in [1.165, 1.54) is 7.11 Å². The molecule has 0 N–H and O–H groups in total. The number of carbonyl (C=O) groups excluding carboxylic acids is 1. The van der Waals surface area contributed by atoms with E-state index < -0.39 is 6.10 Å². The van der Waals surface area contributed by atoms with Crippen LogP contribution in [0.1, 0.15) is 5.69 Å². The molecule has 94 valence electrons. The van der Waals surface area contributed by atoms with Gasteiger partial charge in [-0.3, -0.25) is 4.90 Å². The van der Waals surface area contributed by atoms with Crippen LogP contribution in [0.3, 0.4) is 0 Å². The molecule has 0 aromatic carbocycles. The fourth-order valence-electron chi connectivity index (χ4n) is 1.62. The van der Waals surface area contributed by atoms with Crippen LogP contribution < -0.4 is 0 Å². The number of rotatable bonds is 3. The second kappa shape index (κ2) is 5.72. The zero-order valence-corrected chi connectivity index (χ0v) is 10.8. The van der Waals surface area contributed by atoms with Crippen LogP contribution in [0.2, 0.25) is 4.34 Å². The van der Waals surface area contributed by atoms with Crippen molar-refractivity contribution >= 4 is 29.1 Å². The Morgan fingerprint density at radius 2 is 2.59 bits per heavy atom. The Balaban J connectivity index is 1.94. The average molecular weight is 278 g/mol. The number of hydrogen-bond donors (Lipinski definition) is 0. The molecule has 1 aliphatic heterocycles. The van der Waals surface area contributed by atoms with E-state index in [-0.39, 0.29) is 5.97 Å². The van der Waals surface area contributed by atoms with Gasteiger partial charge < -0.3 is 9.47 Å². The summed E-state index contributed by atoms with van der Waals surface area (Å²) in [6, 6.07) is 0. The van der Waals surface area contributed by atoms with Crippen LogP contribution in [0.4, 0.5) is 0 Å². The maximum atomic E-state index is 11.4. The second-order valence-corrected chi connectivity index (χ2v) is 4.97. The predicted molar refractivity (Wildman–Crippen MR) is 62.0 cm³/mol. The molecule has 0 radical (unpaired) electrons. The van der Waals surface area contributed by atoms with Crippen LogP contribution in [0.5, 0.6) is 0 Å². The maximum absolute atomic E-state index is 11.4. The van der Waals surface area contributed by atoms with Gasteiger partial charge in [0.05, 0.1) is 13.7 Å². The van der Waals surface area contributed by atoms with Crippen molar-refractivity contribution in [1.82, 2.24) is 14.5 Å². The zero-order chi connectivity index (χ0) is 12.3. The van der Waals surface area contributed by atoms with Gasteiger partial charge in [-0.25, -0.2) is 4.79 Å². The van der Waals surface area contributed by atoms with Crippen molar-refractivity contribution in [3.8, 4) is 0 Å². The number of nitrogens with zero attached hydrogens (tertiary/aromatic N) is 3. The van der Waals surface area contributed by atoms with Crippen LogP contribution in [-0.2, 0) is 20.8 Å². The molecule has 6 nitrogen and oxygen atoms in total.